The Morgan fingerprint density at radius 1 is 1.26 bits per heavy atom. The second kappa shape index (κ2) is 5.47. The molecule has 1 aromatic carbocycles. The third-order valence-electron chi connectivity index (χ3n) is 3.81. The molecule has 2 aliphatic rings. The van der Waals surface area contributed by atoms with Crippen molar-refractivity contribution in [3.05, 3.63) is 34.7 Å². The van der Waals surface area contributed by atoms with Crippen LogP contribution in [0.2, 0.25) is 0 Å². The lowest BCUT2D eigenvalue weighted by molar-refractivity contribution is -0.309. The lowest BCUT2D eigenvalue weighted by Gasteiger charge is -2.23. The highest BCUT2D eigenvalue weighted by atomic mass is 32.2. The van der Waals surface area contributed by atoms with Gasteiger partial charge in [-0.3, -0.25) is 14.5 Å². The van der Waals surface area contributed by atoms with E-state index in [1.807, 2.05) is 0 Å². The highest BCUT2D eigenvalue weighted by molar-refractivity contribution is 8.26. The molecule has 1 unspecified atom stereocenters. The number of rotatable bonds is 2. The molecule has 2 aliphatic heterocycles. The maximum Gasteiger partial charge on any atom is 0.267 e. The first-order chi connectivity index (χ1) is 10.8. The van der Waals surface area contributed by atoms with Gasteiger partial charge in [-0.2, -0.15) is 0 Å². The van der Waals surface area contributed by atoms with Crippen molar-refractivity contribution in [2.75, 3.05) is 11.9 Å². The van der Waals surface area contributed by atoms with Gasteiger partial charge in [0.2, 0.25) is 0 Å². The number of amides is 2. The van der Waals surface area contributed by atoms with Crippen molar-refractivity contribution in [2.45, 2.75) is 13.0 Å². The van der Waals surface area contributed by atoms with E-state index < -0.39 is 17.9 Å². The van der Waals surface area contributed by atoms with Crippen molar-refractivity contribution in [2.24, 2.45) is 0 Å². The second-order valence-corrected chi connectivity index (χ2v) is 6.77. The molecule has 6 nitrogen and oxygen atoms in total. The van der Waals surface area contributed by atoms with Crippen LogP contribution in [0.15, 0.2) is 29.2 Å². The highest BCUT2D eigenvalue weighted by Crippen LogP contribution is 2.44. The van der Waals surface area contributed by atoms with Crippen LogP contribution in [0.1, 0.15) is 12.5 Å². The number of likely N-dealkylation sites (N-methyl/N-ethyl adjacent to an activating group) is 1. The first kappa shape index (κ1) is 15.7. The largest absolute Gasteiger partial charge is 0.548 e. The fourth-order valence-electron chi connectivity index (χ4n) is 2.56. The van der Waals surface area contributed by atoms with Crippen LogP contribution in [-0.4, -0.2) is 40.1 Å². The molecule has 0 aromatic heterocycles. The minimum atomic E-state index is -1.40. The Bertz CT molecular complexity index is 802. The van der Waals surface area contributed by atoms with Crippen LogP contribution in [0.25, 0.3) is 5.57 Å². The molecule has 0 aliphatic carbocycles. The fourth-order valence-corrected chi connectivity index (χ4v) is 4.05. The summed E-state index contributed by atoms with van der Waals surface area (Å²) in [4.78, 5) is 38.8. The smallest absolute Gasteiger partial charge is 0.267 e. The Morgan fingerprint density at radius 2 is 1.91 bits per heavy atom. The van der Waals surface area contributed by atoms with Gasteiger partial charge in [0.15, 0.2) is 0 Å². The van der Waals surface area contributed by atoms with E-state index in [0.717, 1.165) is 16.7 Å². The number of benzene rings is 1. The lowest BCUT2D eigenvalue weighted by Crippen LogP contribution is -2.48. The number of carbonyl (C=O) groups excluding carboxylic acids is 3. The van der Waals surface area contributed by atoms with Crippen molar-refractivity contribution in [1.29, 1.82) is 0 Å². The quantitative estimate of drug-likeness (QED) is 0.568. The Kier molecular flexibility index (Phi) is 3.73. The predicted molar refractivity (Wildman–Crippen MR) is 88.3 cm³/mol. The number of thioether (sulfide) groups is 1. The molecule has 1 saturated heterocycles. The zero-order valence-electron chi connectivity index (χ0n) is 12.2. The molecule has 2 amide bonds. The Hall–Kier alpha value is -2.19. The van der Waals surface area contributed by atoms with E-state index in [-0.39, 0.29) is 20.7 Å². The van der Waals surface area contributed by atoms with Crippen molar-refractivity contribution >= 4 is 57.3 Å². The Balaban J connectivity index is 2.14. The molecule has 0 radical (unpaired) electrons. The van der Waals surface area contributed by atoms with Gasteiger partial charge in [-0.15, -0.1) is 0 Å². The van der Waals surface area contributed by atoms with Gasteiger partial charge in [0.25, 0.3) is 11.8 Å². The first-order valence-corrected chi connectivity index (χ1v) is 7.95. The summed E-state index contributed by atoms with van der Waals surface area (Å²) in [6.45, 7) is 1.32. The summed E-state index contributed by atoms with van der Waals surface area (Å²) >= 11 is 6.05. The van der Waals surface area contributed by atoms with E-state index in [1.54, 1.807) is 31.3 Å². The summed E-state index contributed by atoms with van der Waals surface area (Å²) in [5, 5.41) is 11.1. The monoisotopic (exact) mass is 347 g/mol. The topological polar surface area (TPSA) is 80.7 Å². The van der Waals surface area contributed by atoms with Gasteiger partial charge in [-0.25, -0.2) is 0 Å². The number of hydrogen-bond acceptors (Lipinski definition) is 6. The highest BCUT2D eigenvalue weighted by Gasteiger charge is 2.42. The molecule has 0 bridgehead atoms. The number of anilines is 1. The maximum absolute atomic E-state index is 12.6. The molecular formula is C15H11N2O4S2-. The van der Waals surface area contributed by atoms with Crippen LogP contribution in [0.3, 0.4) is 0 Å². The van der Waals surface area contributed by atoms with Crippen LogP contribution in [0.5, 0.6) is 0 Å². The van der Waals surface area contributed by atoms with Crippen molar-refractivity contribution in [3.8, 4) is 0 Å². The van der Waals surface area contributed by atoms with Crippen molar-refractivity contribution in [3.63, 3.8) is 0 Å². The maximum atomic E-state index is 12.6. The SMILES string of the molecule is CC(C(=O)[O-])N1C(=O)C(=C2C(=O)N(C)c3ccccc32)SC1=S. The number of aliphatic carboxylic acids is 1. The molecule has 1 fully saturated rings. The van der Waals surface area contributed by atoms with Crippen LogP contribution < -0.4 is 10.0 Å². The molecule has 0 saturated carbocycles. The van der Waals surface area contributed by atoms with E-state index in [1.165, 1.54) is 11.8 Å². The van der Waals surface area contributed by atoms with E-state index in [0.29, 0.717) is 11.3 Å². The molecule has 118 valence electrons. The molecule has 0 spiro atoms. The van der Waals surface area contributed by atoms with E-state index in [2.05, 4.69) is 0 Å². The lowest BCUT2D eigenvalue weighted by atomic mass is 10.1. The molecule has 3 rings (SSSR count). The zero-order valence-corrected chi connectivity index (χ0v) is 13.9. The molecule has 2 heterocycles. The van der Waals surface area contributed by atoms with Crippen molar-refractivity contribution in [1.82, 2.24) is 4.90 Å². The van der Waals surface area contributed by atoms with Gasteiger partial charge >= 0.3 is 0 Å². The summed E-state index contributed by atoms with van der Waals surface area (Å²) in [6.07, 6.45) is 0. The number of nitrogens with zero attached hydrogens (tertiary/aromatic N) is 2. The average Bonchev–Trinajstić information content (AvgIpc) is 2.94. The number of carboxylic acid groups (broad SMARTS) is 1. The number of carboxylic acids is 1. The van der Waals surface area contributed by atoms with Gasteiger partial charge in [0.1, 0.15) is 4.32 Å². The number of carbonyl (C=O) groups is 3. The average molecular weight is 347 g/mol. The second-order valence-electron chi connectivity index (χ2n) is 5.12. The summed E-state index contributed by atoms with van der Waals surface area (Å²) in [6, 6.07) is 5.92. The minimum absolute atomic E-state index is 0.106. The Morgan fingerprint density at radius 3 is 2.57 bits per heavy atom. The normalized spacial score (nSPS) is 21.9. The molecule has 0 N–H and O–H groups in total. The van der Waals surface area contributed by atoms with Crippen LogP contribution >= 0.6 is 24.0 Å². The van der Waals surface area contributed by atoms with E-state index in [4.69, 9.17) is 12.2 Å². The number of thiocarbonyl (C=S) groups is 1. The summed E-state index contributed by atoms with van der Waals surface area (Å²) in [5.74, 6) is -2.29. The minimum Gasteiger partial charge on any atom is -0.548 e. The van der Waals surface area contributed by atoms with Crippen LogP contribution in [0.4, 0.5) is 5.69 Å². The molecular weight excluding hydrogens is 336 g/mol. The van der Waals surface area contributed by atoms with Gasteiger partial charge in [0.05, 0.1) is 28.2 Å². The summed E-state index contributed by atoms with van der Waals surface area (Å²) in [5.41, 5.74) is 1.60. The molecule has 23 heavy (non-hydrogen) atoms. The van der Waals surface area contributed by atoms with E-state index >= 15 is 0 Å². The van der Waals surface area contributed by atoms with Crippen LogP contribution in [0, 0.1) is 0 Å². The number of fused-ring (bicyclic) bond motifs is 1. The number of hydrogen-bond donors (Lipinski definition) is 0. The van der Waals surface area contributed by atoms with Gasteiger partial charge in [-0.1, -0.05) is 42.2 Å². The fraction of sp³-hybridized carbons (Fsp3) is 0.200. The third-order valence-corrected chi connectivity index (χ3v) is 5.21. The van der Waals surface area contributed by atoms with Gasteiger partial charge in [-0.05, 0) is 13.0 Å². The molecule has 8 heteroatoms. The number of para-hydroxylation sites is 1. The first-order valence-electron chi connectivity index (χ1n) is 6.72. The standard InChI is InChI=1S/C15H12N2O4S2/c1-7(14(20)21)17-13(19)11(23-15(17)22)10-8-5-3-4-6-9(8)16(2)12(10)18/h3-7H,1-2H3,(H,20,21)/p-1. The summed E-state index contributed by atoms with van der Waals surface area (Å²) in [7, 11) is 1.62. The van der Waals surface area contributed by atoms with Gasteiger partial charge < -0.3 is 14.8 Å². The predicted octanol–water partition coefficient (Wildman–Crippen LogP) is 0.373. The van der Waals surface area contributed by atoms with Gasteiger partial charge in [0, 0.05) is 12.6 Å². The Labute approximate surface area is 141 Å². The third kappa shape index (κ3) is 2.25. The van der Waals surface area contributed by atoms with Crippen molar-refractivity contribution < 1.29 is 19.5 Å². The molecule has 1 aromatic rings. The zero-order chi connectivity index (χ0) is 16.9. The van der Waals surface area contributed by atoms with Crippen LogP contribution in [-0.2, 0) is 14.4 Å². The molecule has 1 atom stereocenters. The summed E-state index contributed by atoms with van der Waals surface area (Å²) < 4.78 is 0.106. The van der Waals surface area contributed by atoms with E-state index in [9.17, 15) is 19.5 Å².